The van der Waals surface area contributed by atoms with Crippen LogP contribution in [0.4, 0.5) is 0 Å². The number of benzene rings is 2. The van der Waals surface area contributed by atoms with Crippen LogP contribution in [0.1, 0.15) is 43.7 Å². The molecule has 0 aliphatic heterocycles. The molecule has 0 aliphatic carbocycles. The number of hydrogen-bond donors (Lipinski definition) is 2. The molecule has 10 heteroatoms. The zero-order chi connectivity index (χ0) is 29.2. The van der Waals surface area contributed by atoms with E-state index in [1.165, 1.54) is 6.92 Å². The van der Waals surface area contributed by atoms with Crippen LogP contribution < -0.4 is 20.1 Å². The molecule has 2 amide bonds. The molecule has 2 aromatic carbocycles. The SMILES string of the molecule is COCCOCCNC(=O)C(Cc1ccc(OC(=O)CCCC(C)=O)cc1)NC(=O)CCc1ccc(OC)cc1. The van der Waals surface area contributed by atoms with Gasteiger partial charge in [-0.2, -0.15) is 0 Å². The molecule has 1 atom stereocenters. The van der Waals surface area contributed by atoms with Gasteiger partial charge in [-0.25, -0.2) is 0 Å². The third-order valence-corrected chi connectivity index (χ3v) is 5.93. The van der Waals surface area contributed by atoms with Crippen molar-refractivity contribution < 1.29 is 38.1 Å². The van der Waals surface area contributed by atoms with E-state index in [0.29, 0.717) is 51.4 Å². The topological polar surface area (TPSA) is 129 Å². The number of rotatable bonds is 19. The van der Waals surface area contributed by atoms with Crippen molar-refractivity contribution in [3.05, 3.63) is 59.7 Å². The molecular weight excluding hydrogens is 516 g/mol. The van der Waals surface area contributed by atoms with Crippen molar-refractivity contribution in [2.45, 2.75) is 51.5 Å². The second kappa shape index (κ2) is 18.5. The number of amides is 2. The van der Waals surface area contributed by atoms with E-state index in [2.05, 4.69) is 10.6 Å². The second-order valence-electron chi connectivity index (χ2n) is 9.24. The van der Waals surface area contributed by atoms with Crippen molar-refractivity contribution in [1.82, 2.24) is 10.6 Å². The van der Waals surface area contributed by atoms with Gasteiger partial charge in [0.25, 0.3) is 0 Å². The summed E-state index contributed by atoms with van der Waals surface area (Å²) in [6.45, 7) is 2.98. The molecule has 2 rings (SSSR count). The smallest absolute Gasteiger partial charge is 0.311 e. The zero-order valence-electron chi connectivity index (χ0n) is 23.5. The highest BCUT2D eigenvalue weighted by Gasteiger charge is 2.21. The van der Waals surface area contributed by atoms with Crippen molar-refractivity contribution in [2.75, 3.05) is 40.6 Å². The Morgan fingerprint density at radius 2 is 1.48 bits per heavy atom. The van der Waals surface area contributed by atoms with Crippen LogP contribution in [0.5, 0.6) is 11.5 Å². The molecule has 218 valence electrons. The molecule has 0 radical (unpaired) electrons. The Hall–Kier alpha value is -3.76. The molecular formula is C30H40N2O8. The number of carbonyl (C=O) groups excluding carboxylic acids is 4. The molecule has 2 aromatic rings. The molecule has 0 aliphatic rings. The Morgan fingerprint density at radius 1 is 0.800 bits per heavy atom. The van der Waals surface area contributed by atoms with Crippen LogP contribution in [0.2, 0.25) is 0 Å². The number of methoxy groups -OCH3 is 2. The Kier molecular flexibility index (Phi) is 15.0. The summed E-state index contributed by atoms with van der Waals surface area (Å²) in [6.07, 6.45) is 1.92. The first kappa shape index (κ1) is 32.5. The lowest BCUT2D eigenvalue weighted by Gasteiger charge is -2.19. The maximum atomic E-state index is 13.0. The van der Waals surface area contributed by atoms with E-state index in [9.17, 15) is 19.2 Å². The first-order chi connectivity index (χ1) is 19.3. The van der Waals surface area contributed by atoms with Crippen LogP contribution in [-0.2, 0) is 41.5 Å². The first-order valence-electron chi connectivity index (χ1n) is 13.4. The van der Waals surface area contributed by atoms with Crippen LogP contribution in [-0.4, -0.2) is 70.2 Å². The highest BCUT2D eigenvalue weighted by atomic mass is 16.5. The minimum absolute atomic E-state index is 0.0298. The lowest BCUT2D eigenvalue weighted by Crippen LogP contribution is -2.48. The standard InChI is InChI=1S/C30H40N2O8/c1-22(33)5-4-6-29(35)40-26-14-9-24(10-15-26)21-27(30(36)31-17-18-39-20-19-37-2)32-28(34)16-11-23-7-12-25(38-3)13-8-23/h7-10,12-15,27H,4-6,11,16-21H2,1-3H3,(H,31,36)(H,32,34). The van der Waals surface area contributed by atoms with Crippen LogP contribution in [0.15, 0.2) is 48.5 Å². The second-order valence-corrected chi connectivity index (χ2v) is 9.24. The average Bonchev–Trinajstić information content (AvgIpc) is 2.94. The maximum Gasteiger partial charge on any atom is 0.311 e. The van der Waals surface area contributed by atoms with E-state index in [0.717, 1.165) is 16.9 Å². The predicted octanol–water partition coefficient (Wildman–Crippen LogP) is 2.80. The van der Waals surface area contributed by atoms with Crippen LogP contribution >= 0.6 is 0 Å². The normalized spacial score (nSPS) is 11.4. The highest BCUT2D eigenvalue weighted by Crippen LogP contribution is 2.16. The van der Waals surface area contributed by atoms with E-state index in [4.69, 9.17) is 18.9 Å². The number of hydrogen-bond acceptors (Lipinski definition) is 8. The van der Waals surface area contributed by atoms with Gasteiger partial charge >= 0.3 is 5.97 Å². The molecule has 0 saturated heterocycles. The largest absolute Gasteiger partial charge is 0.497 e. The van der Waals surface area contributed by atoms with Gasteiger partial charge in [-0.3, -0.25) is 14.4 Å². The first-order valence-corrected chi connectivity index (χ1v) is 13.4. The van der Waals surface area contributed by atoms with Crippen LogP contribution in [0.25, 0.3) is 0 Å². The fraction of sp³-hybridized carbons (Fsp3) is 0.467. The van der Waals surface area contributed by atoms with Gasteiger partial charge in [-0.15, -0.1) is 0 Å². The zero-order valence-corrected chi connectivity index (χ0v) is 23.5. The summed E-state index contributed by atoms with van der Waals surface area (Å²) in [7, 11) is 3.18. The number of carbonyl (C=O) groups is 4. The van der Waals surface area contributed by atoms with E-state index < -0.39 is 12.0 Å². The van der Waals surface area contributed by atoms with Crippen molar-refractivity contribution in [3.63, 3.8) is 0 Å². The third kappa shape index (κ3) is 13.3. The van der Waals surface area contributed by atoms with Crippen LogP contribution in [0, 0.1) is 0 Å². The molecule has 1 unspecified atom stereocenters. The van der Waals surface area contributed by atoms with Gasteiger partial charge in [0, 0.05) is 39.3 Å². The molecule has 0 spiro atoms. The summed E-state index contributed by atoms with van der Waals surface area (Å²) in [5, 5.41) is 5.66. The summed E-state index contributed by atoms with van der Waals surface area (Å²) in [6, 6.07) is 13.4. The summed E-state index contributed by atoms with van der Waals surface area (Å²) in [4.78, 5) is 48.8. The molecule has 0 aromatic heterocycles. The summed E-state index contributed by atoms with van der Waals surface area (Å²) < 4.78 is 20.8. The lowest BCUT2D eigenvalue weighted by atomic mass is 10.0. The molecule has 0 heterocycles. The van der Waals surface area contributed by atoms with Gasteiger partial charge in [-0.1, -0.05) is 24.3 Å². The molecule has 10 nitrogen and oxygen atoms in total. The fourth-order valence-electron chi connectivity index (χ4n) is 3.73. The lowest BCUT2D eigenvalue weighted by molar-refractivity contribution is -0.134. The van der Waals surface area contributed by atoms with E-state index in [1.54, 1.807) is 38.5 Å². The van der Waals surface area contributed by atoms with Gasteiger partial charge in [0.2, 0.25) is 11.8 Å². The molecule has 0 bridgehead atoms. The van der Waals surface area contributed by atoms with Crippen molar-refractivity contribution in [2.24, 2.45) is 0 Å². The number of ether oxygens (including phenoxy) is 4. The minimum atomic E-state index is -0.803. The number of esters is 1. The van der Waals surface area contributed by atoms with Gasteiger partial charge < -0.3 is 34.4 Å². The number of Topliss-reactive ketones (excluding diaryl/α,β-unsaturated/α-hetero) is 1. The summed E-state index contributed by atoms with van der Waals surface area (Å²) in [5.74, 6) is 0.155. The monoisotopic (exact) mass is 556 g/mol. The molecule has 40 heavy (non-hydrogen) atoms. The third-order valence-electron chi connectivity index (χ3n) is 5.93. The fourth-order valence-corrected chi connectivity index (χ4v) is 3.73. The van der Waals surface area contributed by atoms with Gasteiger partial charge in [0.15, 0.2) is 0 Å². The van der Waals surface area contributed by atoms with Crippen molar-refractivity contribution in [1.29, 1.82) is 0 Å². The van der Waals surface area contributed by atoms with E-state index in [-0.39, 0.29) is 36.9 Å². The van der Waals surface area contributed by atoms with Gasteiger partial charge in [-0.05, 0) is 55.2 Å². The highest BCUT2D eigenvalue weighted by molar-refractivity contribution is 5.88. The predicted molar refractivity (Wildman–Crippen MR) is 149 cm³/mol. The Bertz CT molecular complexity index is 1070. The van der Waals surface area contributed by atoms with E-state index >= 15 is 0 Å². The minimum Gasteiger partial charge on any atom is -0.497 e. The van der Waals surface area contributed by atoms with Crippen molar-refractivity contribution in [3.8, 4) is 11.5 Å². The molecule has 0 fully saturated rings. The Labute approximate surface area is 235 Å². The van der Waals surface area contributed by atoms with Crippen LogP contribution in [0.3, 0.4) is 0 Å². The van der Waals surface area contributed by atoms with Gasteiger partial charge in [0.1, 0.15) is 23.3 Å². The Balaban J connectivity index is 1.95. The summed E-state index contributed by atoms with van der Waals surface area (Å²) >= 11 is 0. The molecule has 0 saturated carbocycles. The molecule has 2 N–H and O–H groups in total. The van der Waals surface area contributed by atoms with Gasteiger partial charge in [0.05, 0.1) is 26.9 Å². The maximum absolute atomic E-state index is 13.0. The Morgan fingerprint density at radius 3 is 2.12 bits per heavy atom. The quantitative estimate of drug-likeness (QED) is 0.154. The van der Waals surface area contributed by atoms with Crippen molar-refractivity contribution >= 4 is 23.6 Å². The number of ketones is 1. The van der Waals surface area contributed by atoms with E-state index in [1.807, 2.05) is 24.3 Å². The average molecular weight is 557 g/mol. The summed E-state index contributed by atoms with van der Waals surface area (Å²) in [5.41, 5.74) is 1.76. The number of nitrogens with one attached hydrogen (secondary N) is 2. The number of aryl methyl sites for hydroxylation is 1.